The Labute approximate surface area is 134 Å². The second-order valence-corrected chi connectivity index (χ2v) is 5.29. The van der Waals surface area contributed by atoms with Crippen molar-refractivity contribution in [3.63, 3.8) is 0 Å². The molecule has 1 heterocycles. The Morgan fingerprint density at radius 1 is 1.26 bits per heavy atom. The van der Waals surface area contributed by atoms with Gasteiger partial charge in [-0.05, 0) is 42.0 Å². The molecule has 8 heteroatoms. The quantitative estimate of drug-likeness (QED) is 0.725. The van der Waals surface area contributed by atoms with Gasteiger partial charge in [0.15, 0.2) is 0 Å². The summed E-state index contributed by atoms with van der Waals surface area (Å²) in [6, 6.07) is 7.26. The van der Waals surface area contributed by atoms with Gasteiger partial charge in [-0.3, -0.25) is 9.59 Å². The SMILES string of the molecule is COC(=O)CN(C(=O)Cc1ccc(-n2cnnn2)cc1)C(C)C. The first-order valence-electron chi connectivity index (χ1n) is 7.20. The number of tetrazole rings is 1. The number of benzene rings is 1. The molecule has 0 bridgehead atoms. The van der Waals surface area contributed by atoms with Crippen molar-refractivity contribution in [1.29, 1.82) is 0 Å². The van der Waals surface area contributed by atoms with Crippen LogP contribution in [0.1, 0.15) is 19.4 Å². The molecule has 0 unspecified atom stereocenters. The molecule has 23 heavy (non-hydrogen) atoms. The molecule has 0 spiro atoms. The fraction of sp³-hybridized carbons (Fsp3) is 0.400. The molecule has 0 radical (unpaired) electrons. The second kappa shape index (κ2) is 7.48. The minimum Gasteiger partial charge on any atom is -0.468 e. The maximum absolute atomic E-state index is 12.4. The van der Waals surface area contributed by atoms with E-state index in [2.05, 4.69) is 20.3 Å². The summed E-state index contributed by atoms with van der Waals surface area (Å²) < 4.78 is 6.16. The number of carbonyl (C=O) groups is 2. The zero-order valence-corrected chi connectivity index (χ0v) is 13.3. The van der Waals surface area contributed by atoms with Crippen LogP contribution in [0.2, 0.25) is 0 Å². The Kier molecular flexibility index (Phi) is 5.40. The summed E-state index contributed by atoms with van der Waals surface area (Å²) in [4.78, 5) is 25.3. The Hall–Kier alpha value is -2.77. The van der Waals surface area contributed by atoms with Crippen LogP contribution < -0.4 is 0 Å². The Morgan fingerprint density at radius 3 is 2.48 bits per heavy atom. The van der Waals surface area contributed by atoms with Crippen molar-refractivity contribution in [3.05, 3.63) is 36.2 Å². The molecule has 0 aliphatic rings. The first kappa shape index (κ1) is 16.6. The third-order valence-corrected chi connectivity index (χ3v) is 3.38. The summed E-state index contributed by atoms with van der Waals surface area (Å²) >= 11 is 0. The number of amides is 1. The number of aromatic nitrogens is 4. The predicted molar refractivity (Wildman–Crippen MR) is 81.7 cm³/mol. The molecule has 0 saturated heterocycles. The first-order valence-corrected chi connectivity index (χ1v) is 7.20. The van der Waals surface area contributed by atoms with E-state index >= 15 is 0 Å². The second-order valence-electron chi connectivity index (χ2n) is 5.29. The lowest BCUT2D eigenvalue weighted by Gasteiger charge is -2.25. The van der Waals surface area contributed by atoms with Crippen LogP contribution in [-0.2, 0) is 20.7 Å². The molecular formula is C15H19N5O3. The number of ether oxygens (including phenoxy) is 1. The fourth-order valence-electron chi connectivity index (χ4n) is 2.08. The van der Waals surface area contributed by atoms with E-state index in [1.807, 2.05) is 38.1 Å². The van der Waals surface area contributed by atoms with Crippen molar-refractivity contribution < 1.29 is 14.3 Å². The molecule has 0 aliphatic carbocycles. The Morgan fingerprint density at radius 2 is 1.96 bits per heavy atom. The highest BCUT2D eigenvalue weighted by atomic mass is 16.5. The highest BCUT2D eigenvalue weighted by Crippen LogP contribution is 2.10. The van der Waals surface area contributed by atoms with E-state index in [1.54, 1.807) is 0 Å². The van der Waals surface area contributed by atoms with E-state index in [9.17, 15) is 9.59 Å². The summed E-state index contributed by atoms with van der Waals surface area (Å²) in [5.41, 5.74) is 1.66. The van der Waals surface area contributed by atoms with E-state index < -0.39 is 5.97 Å². The minimum atomic E-state index is -0.430. The van der Waals surface area contributed by atoms with Crippen LogP contribution in [0.25, 0.3) is 5.69 Å². The van der Waals surface area contributed by atoms with Crippen molar-refractivity contribution in [2.75, 3.05) is 13.7 Å². The summed E-state index contributed by atoms with van der Waals surface area (Å²) in [6.07, 6.45) is 1.71. The first-order chi connectivity index (χ1) is 11.0. The summed E-state index contributed by atoms with van der Waals surface area (Å²) in [6.45, 7) is 3.68. The maximum atomic E-state index is 12.4. The standard InChI is InChI=1S/C15H19N5O3/c1-11(2)19(9-15(22)23-3)14(21)8-12-4-6-13(7-5-12)20-10-16-17-18-20/h4-7,10-11H,8-9H2,1-3H3. The zero-order valence-electron chi connectivity index (χ0n) is 13.3. The van der Waals surface area contributed by atoms with Gasteiger partial charge in [-0.15, -0.1) is 5.10 Å². The number of hydrogen-bond acceptors (Lipinski definition) is 6. The smallest absolute Gasteiger partial charge is 0.325 e. The average Bonchev–Trinajstić information content (AvgIpc) is 3.07. The third-order valence-electron chi connectivity index (χ3n) is 3.38. The van der Waals surface area contributed by atoms with Gasteiger partial charge < -0.3 is 9.64 Å². The Bertz CT molecular complexity index is 652. The number of hydrogen-bond donors (Lipinski definition) is 0. The molecule has 1 amide bonds. The van der Waals surface area contributed by atoms with Gasteiger partial charge in [-0.1, -0.05) is 12.1 Å². The van der Waals surface area contributed by atoms with Crippen molar-refractivity contribution in [2.24, 2.45) is 0 Å². The van der Waals surface area contributed by atoms with E-state index in [0.29, 0.717) is 0 Å². The number of carbonyl (C=O) groups excluding carboxylic acids is 2. The average molecular weight is 317 g/mol. The highest BCUT2D eigenvalue weighted by molar-refractivity contribution is 5.83. The maximum Gasteiger partial charge on any atom is 0.325 e. The molecule has 0 fully saturated rings. The molecule has 1 aromatic heterocycles. The number of methoxy groups -OCH3 is 1. The van der Waals surface area contributed by atoms with E-state index in [4.69, 9.17) is 0 Å². The number of rotatable bonds is 6. The molecule has 0 N–H and O–H groups in total. The van der Waals surface area contributed by atoms with Gasteiger partial charge in [0.1, 0.15) is 12.9 Å². The van der Waals surface area contributed by atoms with Gasteiger partial charge in [0.25, 0.3) is 0 Å². The molecule has 0 saturated carbocycles. The van der Waals surface area contributed by atoms with Crippen molar-refractivity contribution in [2.45, 2.75) is 26.3 Å². The van der Waals surface area contributed by atoms with Crippen LogP contribution in [0, 0.1) is 0 Å². The normalized spacial score (nSPS) is 10.6. The van der Waals surface area contributed by atoms with Crippen LogP contribution in [0.3, 0.4) is 0 Å². The monoisotopic (exact) mass is 317 g/mol. The van der Waals surface area contributed by atoms with Gasteiger partial charge in [0.05, 0.1) is 19.2 Å². The molecule has 0 atom stereocenters. The van der Waals surface area contributed by atoms with Crippen LogP contribution in [-0.4, -0.2) is 56.7 Å². The molecule has 122 valence electrons. The van der Waals surface area contributed by atoms with E-state index in [1.165, 1.54) is 23.0 Å². The van der Waals surface area contributed by atoms with Gasteiger partial charge in [-0.25, -0.2) is 4.68 Å². The van der Waals surface area contributed by atoms with Crippen LogP contribution >= 0.6 is 0 Å². The lowest BCUT2D eigenvalue weighted by molar-refractivity contribution is -0.148. The van der Waals surface area contributed by atoms with Crippen LogP contribution in [0.5, 0.6) is 0 Å². The molecular weight excluding hydrogens is 298 g/mol. The van der Waals surface area contributed by atoms with Gasteiger partial charge in [0.2, 0.25) is 5.91 Å². The van der Waals surface area contributed by atoms with Crippen molar-refractivity contribution in [3.8, 4) is 5.69 Å². The lowest BCUT2D eigenvalue weighted by Crippen LogP contribution is -2.41. The molecule has 8 nitrogen and oxygen atoms in total. The van der Waals surface area contributed by atoms with E-state index in [-0.39, 0.29) is 24.9 Å². The van der Waals surface area contributed by atoms with Crippen molar-refractivity contribution >= 4 is 11.9 Å². The molecule has 2 rings (SSSR count). The van der Waals surface area contributed by atoms with Gasteiger partial charge in [0, 0.05) is 6.04 Å². The number of nitrogens with zero attached hydrogens (tertiary/aromatic N) is 5. The minimum absolute atomic E-state index is 0.0459. The third kappa shape index (κ3) is 4.35. The zero-order chi connectivity index (χ0) is 16.8. The number of esters is 1. The topological polar surface area (TPSA) is 90.2 Å². The van der Waals surface area contributed by atoms with Crippen LogP contribution in [0.15, 0.2) is 30.6 Å². The molecule has 0 aliphatic heterocycles. The summed E-state index contributed by atoms with van der Waals surface area (Å²) in [5, 5.41) is 11.0. The summed E-state index contributed by atoms with van der Waals surface area (Å²) in [7, 11) is 1.31. The molecule has 2 aromatic rings. The van der Waals surface area contributed by atoms with Gasteiger partial charge >= 0.3 is 5.97 Å². The van der Waals surface area contributed by atoms with Crippen molar-refractivity contribution in [1.82, 2.24) is 25.1 Å². The van der Waals surface area contributed by atoms with E-state index in [0.717, 1.165) is 11.3 Å². The summed E-state index contributed by atoms with van der Waals surface area (Å²) in [5.74, 6) is -0.554. The largest absolute Gasteiger partial charge is 0.468 e. The van der Waals surface area contributed by atoms with Gasteiger partial charge in [-0.2, -0.15) is 0 Å². The lowest BCUT2D eigenvalue weighted by atomic mass is 10.1. The Balaban J connectivity index is 2.04. The molecule has 1 aromatic carbocycles. The predicted octanol–water partition coefficient (Wildman–Crippen LogP) is 0.615. The fourth-order valence-corrected chi connectivity index (χ4v) is 2.08. The van der Waals surface area contributed by atoms with Crippen LogP contribution in [0.4, 0.5) is 0 Å². The highest BCUT2D eigenvalue weighted by Gasteiger charge is 2.20.